The third kappa shape index (κ3) is 1.50. The van der Waals surface area contributed by atoms with Crippen molar-refractivity contribution in [1.29, 1.82) is 0 Å². The zero-order valence-electron chi connectivity index (χ0n) is 5.90. The van der Waals surface area contributed by atoms with Crippen LogP contribution >= 0.6 is 0 Å². The maximum absolute atomic E-state index is 10.9. The van der Waals surface area contributed by atoms with Gasteiger partial charge in [-0.3, -0.25) is 0 Å². The third-order valence-corrected chi connectivity index (χ3v) is 2.95. The van der Waals surface area contributed by atoms with E-state index < -0.39 is 14.9 Å². The average molecular weight is 174 g/mol. The summed E-state index contributed by atoms with van der Waals surface area (Å²) < 4.78 is 21.8. The first kappa shape index (κ1) is 8.45. The van der Waals surface area contributed by atoms with E-state index >= 15 is 0 Å². The molecule has 0 heterocycles. The molecule has 0 radical (unpaired) electrons. The molecule has 0 aromatic carbocycles. The Morgan fingerprint density at radius 2 is 2.00 bits per heavy atom. The summed E-state index contributed by atoms with van der Waals surface area (Å²) in [6.45, 7) is 0. The van der Waals surface area contributed by atoms with Crippen molar-refractivity contribution in [2.45, 2.75) is 11.3 Å². The summed E-state index contributed by atoms with van der Waals surface area (Å²) in [7, 11) is -3.69. The molecule has 0 amide bonds. The average Bonchev–Trinajstić information content (AvgIpc) is 1.87. The summed E-state index contributed by atoms with van der Waals surface area (Å²) in [5.74, 6) is 0. The monoisotopic (exact) mass is 174 g/mol. The van der Waals surface area contributed by atoms with E-state index in [1.165, 1.54) is 6.08 Å². The van der Waals surface area contributed by atoms with E-state index in [4.69, 9.17) is 10.9 Å². The minimum atomic E-state index is -3.69. The van der Waals surface area contributed by atoms with Gasteiger partial charge in [0.25, 0.3) is 0 Å². The van der Waals surface area contributed by atoms with Crippen molar-refractivity contribution in [3.63, 3.8) is 0 Å². The molecule has 1 aliphatic carbocycles. The SMILES string of the molecule is NC1(S(N)(=O)=O)C=CC=CC1. The second-order valence-electron chi connectivity index (χ2n) is 2.49. The molecule has 0 aromatic heterocycles. The van der Waals surface area contributed by atoms with Gasteiger partial charge >= 0.3 is 0 Å². The Labute approximate surface area is 65.6 Å². The summed E-state index contributed by atoms with van der Waals surface area (Å²) in [6, 6.07) is 0. The molecule has 0 saturated carbocycles. The molecular formula is C6H10N2O2S. The zero-order valence-corrected chi connectivity index (χ0v) is 6.71. The van der Waals surface area contributed by atoms with Crippen molar-refractivity contribution < 1.29 is 8.42 Å². The van der Waals surface area contributed by atoms with Crippen LogP contribution in [0.4, 0.5) is 0 Å². The lowest BCUT2D eigenvalue weighted by Gasteiger charge is -2.22. The van der Waals surface area contributed by atoms with Gasteiger partial charge in [-0.25, -0.2) is 13.6 Å². The van der Waals surface area contributed by atoms with Gasteiger partial charge < -0.3 is 5.73 Å². The number of primary sulfonamides is 1. The highest BCUT2D eigenvalue weighted by Crippen LogP contribution is 2.18. The minimum Gasteiger partial charge on any atom is -0.308 e. The lowest BCUT2D eigenvalue weighted by atomic mass is 10.1. The van der Waals surface area contributed by atoms with Gasteiger partial charge in [0.2, 0.25) is 10.0 Å². The van der Waals surface area contributed by atoms with Crippen LogP contribution in [0.15, 0.2) is 24.3 Å². The number of rotatable bonds is 1. The molecule has 11 heavy (non-hydrogen) atoms. The van der Waals surface area contributed by atoms with Crippen molar-refractivity contribution in [1.82, 2.24) is 0 Å². The smallest absolute Gasteiger partial charge is 0.231 e. The van der Waals surface area contributed by atoms with Crippen LogP contribution in [0.5, 0.6) is 0 Å². The van der Waals surface area contributed by atoms with E-state index in [9.17, 15) is 8.42 Å². The third-order valence-electron chi connectivity index (χ3n) is 1.59. The number of nitrogens with two attached hydrogens (primary N) is 2. The molecule has 0 spiro atoms. The first-order valence-electron chi connectivity index (χ1n) is 3.11. The topological polar surface area (TPSA) is 86.2 Å². The predicted octanol–water partition coefficient (Wildman–Crippen LogP) is -0.554. The maximum Gasteiger partial charge on any atom is 0.231 e. The van der Waals surface area contributed by atoms with E-state index in [1.807, 2.05) is 0 Å². The summed E-state index contributed by atoms with van der Waals surface area (Å²) in [5, 5.41) is 4.91. The van der Waals surface area contributed by atoms with Crippen molar-refractivity contribution in [2.75, 3.05) is 0 Å². The summed E-state index contributed by atoms with van der Waals surface area (Å²) in [6.07, 6.45) is 6.61. The first-order chi connectivity index (χ1) is 4.96. The summed E-state index contributed by atoms with van der Waals surface area (Å²) in [5.41, 5.74) is 5.49. The van der Waals surface area contributed by atoms with Crippen LogP contribution in [0, 0.1) is 0 Å². The van der Waals surface area contributed by atoms with Gasteiger partial charge in [0.05, 0.1) is 0 Å². The van der Waals surface area contributed by atoms with Crippen LogP contribution in [0.1, 0.15) is 6.42 Å². The van der Waals surface area contributed by atoms with E-state index in [-0.39, 0.29) is 6.42 Å². The molecule has 0 aliphatic heterocycles. The fourth-order valence-corrected chi connectivity index (χ4v) is 1.43. The predicted molar refractivity (Wildman–Crippen MR) is 42.9 cm³/mol. The van der Waals surface area contributed by atoms with Crippen LogP contribution < -0.4 is 10.9 Å². The lowest BCUT2D eigenvalue weighted by Crippen LogP contribution is -2.49. The number of sulfonamides is 1. The fraction of sp³-hybridized carbons (Fsp3) is 0.333. The molecule has 1 atom stereocenters. The molecule has 4 N–H and O–H groups in total. The molecule has 0 aromatic rings. The Morgan fingerprint density at radius 1 is 1.36 bits per heavy atom. The van der Waals surface area contributed by atoms with Gasteiger partial charge in [-0.1, -0.05) is 18.2 Å². The molecule has 0 fully saturated rings. The van der Waals surface area contributed by atoms with E-state index in [0.717, 1.165) is 0 Å². The minimum absolute atomic E-state index is 0.238. The van der Waals surface area contributed by atoms with Gasteiger partial charge in [0.15, 0.2) is 4.87 Å². The van der Waals surface area contributed by atoms with Crippen molar-refractivity contribution >= 4 is 10.0 Å². The van der Waals surface area contributed by atoms with Crippen molar-refractivity contribution in [3.8, 4) is 0 Å². The number of hydrogen-bond acceptors (Lipinski definition) is 3. The van der Waals surface area contributed by atoms with Gasteiger partial charge in [-0.15, -0.1) is 0 Å². The Morgan fingerprint density at radius 3 is 2.27 bits per heavy atom. The first-order valence-corrected chi connectivity index (χ1v) is 4.66. The van der Waals surface area contributed by atoms with Crippen LogP contribution in [-0.2, 0) is 10.0 Å². The normalized spacial score (nSPS) is 30.7. The Kier molecular flexibility index (Phi) is 1.87. The van der Waals surface area contributed by atoms with Gasteiger partial charge in [-0.2, -0.15) is 0 Å². The van der Waals surface area contributed by atoms with Gasteiger partial charge in [0, 0.05) is 6.42 Å². The molecule has 4 nitrogen and oxygen atoms in total. The molecule has 0 bridgehead atoms. The van der Waals surface area contributed by atoms with Gasteiger partial charge in [0.1, 0.15) is 0 Å². The van der Waals surface area contributed by atoms with Crippen LogP contribution in [0.2, 0.25) is 0 Å². The highest BCUT2D eigenvalue weighted by atomic mass is 32.2. The quantitative estimate of drug-likeness (QED) is 0.559. The largest absolute Gasteiger partial charge is 0.308 e. The zero-order chi connectivity index (χ0) is 8.54. The molecular weight excluding hydrogens is 164 g/mol. The summed E-state index contributed by atoms with van der Waals surface area (Å²) >= 11 is 0. The standard InChI is InChI=1S/C6H10N2O2S/c7-6(11(8,9)10)4-2-1-3-5-6/h1-4H,5,7H2,(H2,8,9,10). The van der Waals surface area contributed by atoms with Crippen molar-refractivity contribution in [3.05, 3.63) is 24.3 Å². The highest BCUT2D eigenvalue weighted by molar-refractivity contribution is 7.90. The molecule has 62 valence electrons. The van der Waals surface area contributed by atoms with E-state index in [0.29, 0.717) is 0 Å². The molecule has 0 saturated heterocycles. The Balaban J connectivity index is 3.04. The maximum atomic E-state index is 10.9. The molecule has 1 rings (SSSR count). The second-order valence-corrected chi connectivity index (χ2v) is 4.34. The number of allylic oxidation sites excluding steroid dienone is 2. The molecule has 5 heteroatoms. The van der Waals surface area contributed by atoms with Gasteiger partial charge in [-0.05, 0) is 6.08 Å². The fourth-order valence-electron chi connectivity index (χ4n) is 0.828. The molecule has 1 unspecified atom stereocenters. The molecule has 1 aliphatic rings. The van der Waals surface area contributed by atoms with Crippen LogP contribution in [-0.4, -0.2) is 13.3 Å². The van der Waals surface area contributed by atoms with E-state index in [1.54, 1.807) is 18.2 Å². The Hall–Kier alpha value is -0.650. The van der Waals surface area contributed by atoms with Crippen LogP contribution in [0.3, 0.4) is 0 Å². The second kappa shape index (κ2) is 2.44. The number of hydrogen-bond donors (Lipinski definition) is 2. The van der Waals surface area contributed by atoms with Crippen molar-refractivity contribution in [2.24, 2.45) is 10.9 Å². The lowest BCUT2D eigenvalue weighted by molar-refractivity contribution is 0.557. The summed E-state index contributed by atoms with van der Waals surface area (Å²) in [4.78, 5) is -1.40. The van der Waals surface area contributed by atoms with E-state index in [2.05, 4.69) is 0 Å². The van der Waals surface area contributed by atoms with Crippen LogP contribution in [0.25, 0.3) is 0 Å². The Bertz CT molecular complexity index is 305. The highest BCUT2D eigenvalue weighted by Gasteiger charge is 2.33.